The molecule has 3 aromatic rings. The van der Waals surface area contributed by atoms with E-state index in [0.29, 0.717) is 18.0 Å². The minimum absolute atomic E-state index is 0.136. The highest BCUT2D eigenvalue weighted by molar-refractivity contribution is 5.77. The largest absolute Gasteiger partial charge is 0.383 e. The molecule has 0 unspecified atom stereocenters. The molecule has 3 heterocycles. The lowest BCUT2D eigenvalue weighted by atomic mass is 10.2. The van der Waals surface area contributed by atoms with E-state index in [1.165, 1.54) is 0 Å². The summed E-state index contributed by atoms with van der Waals surface area (Å²) in [5.41, 5.74) is 2.15. The number of methoxy groups -OCH3 is 1. The molecule has 0 aliphatic heterocycles. The van der Waals surface area contributed by atoms with Crippen molar-refractivity contribution in [1.29, 1.82) is 5.26 Å². The fourth-order valence-electron chi connectivity index (χ4n) is 2.34. The van der Waals surface area contributed by atoms with Crippen LogP contribution in [0.4, 0.5) is 5.82 Å². The molecule has 7 heteroatoms. The van der Waals surface area contributed by atoms with Crippen LogP contribution < -0.4 is 5.32 Å². The number of nitrogens with zero attached hydrogens (tertiary/aromatic N) is 5. The lowest BCUT2D eigenvalue weighted by molar-refractivity contribution is 0.190. The van der Waals surface area contributed by atoms with Crippen LogP contribution in [0.15, 0.2) is 36.8 Å². The average molecular weight is 308 g/mol. The first-order valence-corrected chi connectivity index (χ1v) is 7.17. The maximum Gasteiger partial charge on any atom is 0.165 e. The minimum Gasteiger partial charge on any atom is -0.383 e. The number of anilines is 1. The Labute approximate surface area is 133 Å². The van der Waals surface area contributed by atoms with E-state index >= 15 is 0 Å². The molecule has 0 fully saturated rings. The molecule has 7 nitrogen and oxygen atoms in total. The summed E-state index contributed by atoms with van der Waals surface area (Å²) in [7, 11) is 1.66. The van der Waals surface area contributed by atoms with Crippen molar-refractivity contribution in [2.45, 2.75) is 13.0 Å². The van der Waals surface area contributed by atoms with Gasteiger partial charge in [0.15, 0.2) is 5.82 Å². The van der Waals surface area contributed by atoms with Gasteiger partial charge in [-0.25, -0.2) is 14.5 Å². The van der Waals surface area contributed by atoms with Crippen LogP contribution in [-0.2, 0) is 4.74 Å². The second kappa shape index (κ2) is 6.42. The molecule has 1 atom stereocenters. The predicted octanol–water partition coefficient (Wildman–Crippen LogP) is 2.11. The van der Waals surface area contributed by atoms with Gasteiger partial charge in [-0.15, -0.1) is 0 Å². The van der Waals surface area contributed by atoms with Crippen LogP contribution in [-0.4, -0.2) is 39.3 Å². The molecule has 3 aromatic heterocycles. The van der Waals surface area contributed by atoms with Crippen LogP contribution in [0.3, 0.4) is 0 Å². The lowest BCUT2D eigenvalue weighted by Crippen LogP contribution is -2.21. The molecule has 0 amide bonds. The number of aromatic nitrogens is 4. The molecule has 0 saturated heterocycles. The van der Waals surface area contributed by atoms with Crippen molar-refractivity contribution in [1.82, 2.24) is 19.6 Å². The zero-order valence-electron chi connectivity index (χ0n) is 12.9. The topological polar surface area (TPSA) is 88.1 Å². The Bertz CT molecular complexity index is 866. The molecule has 0 aromatic carbocycles. The summed E-state index contributed by atoms with van der Waals surface area (Å²) in [6.07, 6.45) is 5.15. The minimum atomic E-state index is 0.136. The lowest BCUT2D eigenvalue weighted by Gasteiger charge is -2.13. The Kier molecular flexibility index (Phi) is 4.17. The summed E-state index contributed by atoms with van der Waals surface area (Å²) in [4.78, 5) is 8.85. The summed E-state index contributed by atoms with van der Waals surface area (Å²) >= 11 is 0. The highest BCUT2D eigenvalue weighted by Gasteiger charge is 2.11. The molecule has 0 spiro atoms. The Morgan fingerprint density at radius 1 is 1.43 bits per heavy atom. The Hall–Kier alpha value is -2.98. The first kappa shape index (κ1) is 14.9. The Morgan fingerprint density at radius 2 is 2.30 bits per heavy atom. The molecule has 0 radical (unpaired) electrons. The monoisotopic (exact) mass is 308 g/mol. The van der Waals surface area contributed by atoms with Gasteiger partial charge in [0.25, 0.3) is 0 Å². The van der Waals surface area contributed by atoms with Gasteiger partial charge >= 0.3 is 0 Å². The number of rotatable bonds is 5. The summed E-state index contributed by atoms with van der Waals surface area (Å²) < 4.78 is 6.81. The van der Waals surface area contributed by atoms with Crippen molar-refractivity contribution < 1.29 is 4.74 Å². The third-order valence-electron chi connectivity index (χ3n) is 3.36. The van der Waals surface area contributed by atoms with Crippen molar-refractivity contribution in [3.05, 3.63) is 42.4 Å². The Balaban J connectivity index is 1.97. The average Bonchev–Trinajstić information content (AvgIpc) is 2.98. The van der Waals surface area contributed by atoms with Crippen LogP contribution in [0.5, 0.6) is 0 Å². The number of hydrogen-bond donors (Lipinski definition) is 1. The van der Waals surface area contributed by atoms with E-state index < -0.39 is 0 Å². The summed E-state index contributed by atoms with van der Waals surface area (Å²) in [6.45, 7) is 2.60. The van der Waals surface area contributed by atoms with Gasteiger partial charge in [-0.3, -0.25) is 0 Å². The fraction of sp³-hybridized carbons (Fsp3) is 0.250. The summed E-state index contributed by atoms with van der Waals surface area (Å²) in [6, 6.07) is 7.57. The van der Waals surface area contributed by atoms with Gasteiger partial charge < -0.3 is 10.1 Å². The van der Waals surface area contributed by atoms with E-state index in [1.807, 2.05) is 13.0 Å². The van der Waals surface area contributed by atoms with Crippen molar-refractivity contribution in [3.8, 4) is 17.5 Å². The van der Waals surface area contributed by atoms with Crippen LogP contribution >= 0.6 is 0 Å². The highest BCUT2D eigenvalue weighted by atomic mass is 16.5. The normalized spacial score (nSPS) is 12.0. The smallest absolute Gasteiger partial charge is 0.165 e. The predicted molar refractivity (Wildman–Crippen MR) is 85.9 cm³/mol. The van der Waals surface area contributed by atoms with Gasteiger partial charge in [0, 0.05) is 25.5 Å². The van der Waals surface area contributed by atoms with E-state index in [4.69, 9.17) is 10.00 Å². The Morgan fingerprint density at radius 3 is 3.09 bits per heavy atom. The van der Waals surface area contributed by atoms with Gasteiger partial charge in [-0.2, -0.15) is 10.4 Å². The van der Waals surface area contributed by atoms with Crippen molar-refractivity contribution in [2.75, 3.05) is 19.0 Å². The summed E-state index contributed by atoms with van der Waals surface area (Å²) in [5.74, 6) is 1.28. The highest BCUT2D eigenvalue weighted by Crippen LogP contribution is 2.22. The van der Waals surface area contributed by atoms with Gasteiger partial charge in [0.05, 0.1) is 35.5 Å². The van der Waals surface area contributed by atoms with E-state index in [1.54, 1.807) is 42.3 Å². The first-order valence-electron chi connectivity index (χ1n) is 7.17. The van der Waals surface area contributed by atoms with Crippen molar-refractivity contribution in [3.63, 3.8) is 0 Å². The number of nitriles is 1. The molecule has 0 aliphatic carbocycles. The molecule has 0 bridgehead atoms. The van der Waals surface area contributed by atoms with E-state index in [9.17, 15) is 0 Å². The molecular weight excluding hydrogens is 292 g/mol. The van der Waals surface area contributed by atoms with Crippen LogP contribution in [0, 0.1) is 11.3 Å². The second-order valence-corrected chi connectivity index (χ2v) is 5.18. The quantitative estimate of drug-likeness (QED) is 0.776. The number of hydrogen-bond acceptors (Lipinski definition) is 6. The van der Waals surface area contributed by atoms with Gasteiger partial charge in [-0.05, 0) is 25.1 Å². The third-order valence-corrected chi connectivity index (χ3v) is 3.36. The van der Waals surface area contributed by atoms with Crippen LogP contribution in [0.2, 0.25) is 0 Å². The second-order valence-electron chi connectivity index (χ2n) is 5.18. The molecular formula is C16H16N6O. The fourth-order valence-corrected chi connectivity index (χ4v) is 2.34. The van der Waals surface area contributed by atoms with E-state index in [0.717, 1.165) is 16.9 Å². The maximum atomic E-state index is 9.06. The van der Waals surface area contributed by atoms with Crippen LogP contribution in [0.1, 0.15) is 12.5 Å². The number of nitrogens with one attached hydrogen (secondary N) is 1. The molecule has 3 rings (SSSR count). The SMILES string of the molecule is COC[C@H](C)Nc1ccnc(-c2cnn3ccc(C#N)cc23)n1. The van der Waals surface area contributed by atoms with Gasteiger partial charge in [-0.1, -0.05) is 0 Å². The standard InChI is InChI=1S/C16H16N6O/c1-11(10-23-2)20-15-3-5-18-16(21-15)13-9-19-22-6-4-12(8-17)7-14(13)22/h3-7,9,11H,10H2,1-2H3,(H,18,20,21)/t11-/m0/s1. The van der Waals surface area contributed by atoms with E-state index in [2.05, 4.69) is 26.5 Å². The van der Waals surface area contributed by atoms with Gasteiger partial charge in [0.1, 0.15) is 5.82 Å². The number of fused-ring (bicyclic) bond motifs is 1. The van der Waals surface area contributed by atoms with E-state index in [-0.39, 0.29) is 6.04 Å². The zero-order valence-corrected chi connectivity index (χ0v) is 12.9. The molecule has 0 saturated carbocycles. The zero-order chi connectivity index (χ0) is 16.2. The third kappa shape index (κ3) is 3.12. The molecule has 116 valence electrons. The summed E-state index contributed by atoms with van der Waals surface area (Å²) in [5, 5.41) is 16.6. The van der Waals surface area contributed by atoms with Crippen molar-refractivity contribution >= 4 is 11.3 Å². The van der Waals surface area contributed by atoms with Gasteiger partial charge in [0.2, 0.25) is 0 Å². The molecule has 23 heavy (non-hydrogen) atoms. The number of pyridine rings is 1. The molecule has 0 aliphatic rings. The van der Waals surface area contributed by atoms with Crippen LogP contribution in [0.25, 0.3) is 16.9 Å². The maximum absolute atomic E-state index is 9.06. The van der Waals surface area contributed by atoms with Crippen molar-refractivity contribution in [2.24, 2.45) is 0 Å². The first-order chi connectivity index (χ1) is 11.2. The molecule has 1 N–H and O–H groups in total. The number of ether oxygens (including phenoxy) is 1.